The van der Waals surface area contributed by atoms with E-state index in [0.29, 0.717) is 0 Å². The van der Waals surface area contributed by atoms with Gasteiger partial charge in [0.15, 0.2) is 23.0 Å². The summed E-state index contributed by atoms with van der Waals surface area (Å²) < 4.78 is 5.95. The molecule has 0 fully saturated rings. The van der Waals surface area contributed by atoms with E-state index in [-0.39, 0.29) is 29.3 Å². The summed E-state index contributed by atoms with van der Waals surface area (Å²) in [5, 5.41) is 25.8. The molecule has 0 aliphatic carbocycles. The van der Waals surface area contributed by atoms with Gasteiger partial charge in [0.25, 0.3) is 0 Å². The summed E-state index contributed by atoms with van der Waals surface area (Å²) in [6, 6.07) is 10.2. The number of anilines is 1. The molecule has 6 nitrogen and oxygen atoms in total. The quantitative estimate of drug-likeness (QED) is 0.649. The molecule has 0 spiro atoms. The molecule has 0 amide bonds. The maximum absolute atomic E-state index is 12.5. The van der Waals surface area contributed by atoms with Crippen LogP contribution in [0.3, 0.4) is 0 Å². The molecule has 4 N–H and O–H groups in total. The Kier molecular flexibility index (Phi) is 3.61. The standard InChI is InChI=1S/C17H18N2O4/c1-18-11-5-3-10(4-6-11)17(19-2)9-14(21)12-7-8-13(20)15(22)16(12)23-17/h3-8,18-20,22H,9H2,1-2H3. The van der Waals surface area contributed by atoms with Gasteiger partial charge in [-0.15, -0.1) is 0 Å². The summed E-state index contributed by atoms with van der Waals surface area (Å²) in [4.78, 5) is 12.5. The lowest BCUT2D eigenvalue weighted by atomic mass is 9.90. The highest BCUT2D eigenvalue weighted by Crippen LogP contribution is 2.46. The minimum atomic E-state index is -1.10. The summed E-state index contributed by atoms with van der Waals surface area (Å²) in [5.74, 6) is -0.933. The summed E-state index contributed by atoms with van der Waals surface area (Å²) in [6.07, 6.45) is 0.0830. The average molecular weight is 314 g/mol. The Labute approximate surface area is 133 Å². The van der Waals surface area contributed by atoms with Crippen LogP contribution in [0.1, 0.15) is 22.3 Å². The van der Waals surface area contributed by atoms with E-state index >= 15 is 0 Å². The van der Waals surface area contributed by atoms with E-state index < -0.39 is 11.5 Å². The lowest BCUT2D eigenvalue weighted by Crippen LogP contribution is -2.49. The van der Waals surface area contributed by atoms with Gasteiger partial charge in [0, 0.05) is 18.3 Å². The number of hydrogen-bond acceptors (Lipinski definition) is 6. The van der Waals surface area contributed by atoms with Crippen molar-refractivity contribution in [2.24, 2.45) is 0 Å². The van der Waals surface area contributed by atoms with Crippen LogP contribution in [0.4, 0.5) is 5.69 Å². The zero-order valence-corrected chi connectivity index (χ0v) is 12.9. The number of ether oxygens (including phenoxy) is 1. The van der Waals surface area contributed by atoms with Crippen molar-refractivity contribution in [2.75, 3.05) is 19.4 Å². The molecule has 0 saturated heterocycles. The highest BCUT2D eigenvalue weighted by atomic mass is 16.5. The normalized spacial score (nSPS) is 19.8. The first-order valence-corrected chi connectivity index (χ1v) is 7.25. The molecular weight excluding hydrogens is 296 g/mol. The molecule has 1 atom stereocenters. The Morgan fingerprint density at radius 1 is 1.09 bits per heavy atom. The smallest absolute Gasteiger partial charge is 0.201 e. The Balaban J connectivity index is 2.10. The van der Waals surface area contributed by atoms with Crippen molar-refractivity contribution in [3.63, 3.8) is 0 Å². The van der Waals surface area contributed by atoms with E-state index in [1.807, 2.05) is 31.3 Å². The van der Waals surface area contributed by atoms with Crippen molar-refractivity contribution < 1.29 is 19.7 Å². The van der Waals surface area contributed by atoms with Crippen molar-refractivity contribution in [3.05, 3.63) is 47.5 Å². The van der Waals surface area contributed by atoms with Gasteiger partial charge in [-0.3, -0.25) is 10.1 Å². The van der Waals surface area contributed by atoms with E-state index in [1.54, 1.807) is 7.05 Å². The third-order valence-electron chi connectivity index (χ3n) is 4.14. The lowest BCUT2D eigenvalue weighted by Gasteiger charge is -2.38. The lowest BCUT2D eigenvalue weighted by molar-refractivity contribution is 0.0148. The zero-order valence-electron chi connectivity index (χ0n) is 12.9. The van der Waals surface area contributed by atoms with Gasteiger partial charge >= 0.3 is 0 Å². The van der Waals surface area contributed by atoms with Crippen molar-refractivity contribution in [2.45, 2.75) is 12.1 Å². The molecule has 0 bridgehead atoms. The minimum Gasteiger partial charge on any atom is -0.504 e. The van der Waals surface area contributed by atoms with Crippen LogP contribution in [0.5, 0.6) is 17.2 Å². The van der Waals surface area contributed by atoms with Crippen molar-refractivity contribution in [1.82, 2.24) is 5.32 Å². The minimum absolute atomic E-state index is 0.00621. The molecule has 0 aromatic heterocycles. The fourth-order valence-corrected chi connectivity index (χ4v) is 2.77. The first-order valence-electron chi connectivity index (χ1n) is 7.25. The van der Waals surface area contributed by atoms with Gasteiger partial charge in [-0.2, -0.15) is 0 Å². The highest BCUT2D eigenvalue weighted by Gasteiger charge is 2.42. The maximum atomic E-state index is 12.5. The number of nitrogens with one attached hydrogen (secondary N) is 2. The SMILES string of the molecule is CNc1ccc(C2(NC)CC(=O)c3ccc(O)c(O)c3O2)cc1. The van der Waals surface area contributed by atoms with Crippen LogP contribution < -0.4 is 15.4 Å². The van der Waals surface area contributed by atoms with Crippen LogP contribution in [-0.2, 0) is 5.72 Å². The second kappa shape index (κ2) is 5.48. The van der Waals surface area contributed by atoms with Gasteiger partial charge in [-0.25, -0.2) is 0 Å². The average Bonchev–Trinajstić information content (AvgIpc) is 2.58. The summed E-state index contributed by atoms with van der Waals surface area (Å²) >= 11 is 0. The van der Waals surface area contributed by atoms with Gasteiger partial charge in [0.05, 0.1) is 12.0 Å². The Morgan fingerprint density at radius 2 is 1.78 bits per heavy atom. The highest BCUT2D eigenvalue weighted by molar-refractivity contribution is 6.01. The molecule has 1 heterocycles. The van der Waals surface area contributed by atoms with Crippen LogP contribution in [0.25, 0.3) is 0 Å². The first-order chi connectivity index (χ1) is 11.0. The summed E-state index contributed by atoms with van der Waals surface area (Å²) in [5.41, 5.74) is 0.850. The van der Waals surface area contributed by atoms with Gasteiger partial charge in [0.2, 0.25) is 5.75 Å². The Morgan fingerprint density at radius 3 is 2.39 bits per heavy atom. The molecule has 0 saturated carbocycles. The number of aromatic hydroxyl groups is 2. The van der Waals surface area contributed by atoms with E-state index in [4.69, 9.17) is 4.74 Å². The molecule has 120 valence electrons. The number of ketones is 1. The molecular formula is C17H18N2O4. The number of carbonyl (C=O) groups is 1. The number of rotatable bonds is 3. The van der Waals surface area contributed by atoms with Crippen LogP contribution in [-0.4, -0.2) is 30.1 Å². The number of Topliss-reactive ketones (excluding diaryl/α,β-unsaturated/α-hetero) is 1. The fraction of sp³-hybridized carbons (Fsp3) is 0.235. The Hall–Kier alpha value is -2.73. The monoisotopic (exact) mass is 314 g/mol. The molecule has 2 aromatic rings. The second-order valence-corrected chi connectivity index (χ2v) is 5.42. The largest absolute Gasteiger partial charge is 0.504 e. The van der Waals surface area contributed by atoms with E-state index in [1.165, 1.54) is 12.1 Å². The fourth-order valence-electron chi connectivity index (χ4n) is 2.77. The third-order valence-corrected chi connectivity index (χ3v) is 4.14. The van der Waals surface area contributed by atoms with Crippen molar-refractivity contribution in [3.8, 4) is 17.2 Å². The molecule has 1 aliphatic rings. The number of benzene rings is 2. The Bertz CT molecular complexity index is 758. The number of hydrogen-bond donors (Lipinski definition) is 4. The van der Waals surface area contributed by atoms with Gasteiger partial charge < -0.3 is 20.3 Å². The number of phenols is 2. The molecule has 1 unspecified atom stereocenters. The van der Waals surface area contributed by atoms with Gasteiger partial charge in [-0.05, 0) is 31.3 Å². The van der Waals surface area contributed by atoms with E-state index in [2.05, 4.69) is 10.6 Å². The number of fused-ring (bicyclic) bond motifs is 1. The predicted molar refractivity (Wildman–Crippen MR) is 86.1 cm³/mol. The molecule has 6 heteroatoms. The number of phenolic OH excluding ortho intramolecular Hbond substituents is 2. The van der Waals surface area contributed by atoms with Crippen molar-refractivity contribution in [1.29, 1.82) is 0 Å². The third kappa shape index (κ3) is 2.37. The van der Waals surface area contributed by atoms with Crippen LogP contribution in [0.2, 0.25) is 0 Å². The van der Waals surface area contributed by atoms with Gasteiger partial charge in [0.1, 0.15) is 0 Å². The predicted octanol–water partition coefficient (Wildman–Crippen LogP) is 2.18. The first kappa shape index (κ1) is 15.2. The summed E-state index contributed by atoms with van der Waals surface area (Å²) in [7, 11) is 3.50. The van der Waals surface area contributed by atoms with Crippen molar-refractivity contribution >= 4 is 11.5 Å². The molecule has 0 radical (unpaired) electrons. The van der Waals surface area contributed by atoms with Crippen LogP contribution >= 0.6 is 0 Å². The molecule has 1 aliphatic heterocycles. The molecule has 23 heavy (non-hydrogen) atoms. The van der Waals surface area contributed by atoms with E-state index in [9.17, 15) is 15.0 Å². The topological polar surface area (TPSA) is 90.8 Å². The zero-order chi connectivity index (χ0) is 16.6. The molecule has 3 rings (SSSR count). The second-order valence-electron chi connectivity index (χ2n) is 5.42. The van der Waals surface area contributed by atoms with Crippen LogP contribution in [0, 0.1) is 0 Å². The molecule has 2 aromatic carbocycles. The number of carbonyl (C=O) groups excluding carboxylic acids is 1. The van der Waals surface area contributed by atoms with Gasteiger partial charge in [-0.1, -0.05) is 12.1 Å². The van der Waals surface area contributed by atoms with Crippen LogP contribution in [0.15, 0.2) is 36.4 Å². The maximum Gasteiger partial charge on any atom is 0.201 e. The summed E-state index contributed by atoms with van der Waals surface area (Å²) in [6.45, 7) is 0. The van der Waals surface area contributed by atoms with E-state index in [0.717, 1.165) is 11.3 Å².